The van der Waals surface area contributed by atoms with E-state index in [0.717, 1.165) is 29.7 Å². The highest BCUT2D eigenvalue weighted by Crippen LogP contribution is 2.32. The molecule has 0 spiro atoms. The average Bonchev–Trinajstić information content (AvgIpc) is 2.59. The Labute approximate surface area is 128 Å². The number of para-hydroxylation sites is 1. The third kappa shape index (κ3) is 3.05. The second kappa shape index (κ2) is 5.98. The van der Waals surface area contributed by atoms with Crippen molar-refractivity contribution in [2.75, 3.05) is 13.6 Å². The molecule has 0 aromatic heterocycles. The van der Waals surface area contributed by atoms with Gasteiger partial charge in [0.25, 0.3) is 0 Å². The van der Waals surface area contributed by atoms with Crippen LogP contribution < -0.4 is 4.74 Å². The predicted molar refractivity (Wildman–Crippen MR) is 84.9 cm³/mol. The van der Waals surface area contributed by atoms with Gasteiger partial charge in [0.15, 0.2) is 0 Å². The van der Waals surface area contributed by atoms with Gasteiger partial charge in [0, 0.05) is 24.0 Å². The molecule has 104 valence electrons. The van der Waals surface area contributed by atoms with Crippen molar-refractivity contribution in [3.05, 3.63) is 64.1 Å². The van der Waals surface area contributed by atoms with Crippen molar-refractivity contribution < 1.29 is 4.74 Å². The lowest BCUT2D eigenvalue weighted by molar-refractivity contribution is 0.182. The Morgan fingerprint density at radius 2 is 1.95 bits per heavy atom. The minimum atomic E-state index is 0.130. The summed E-state index contributed by atoms with van der Waals surface area (Å²) < 4.78 is 7.34. The molecule has 1 unspecified atom stereocenters. The lowest BCUT2D eigenvalue weighted by atomic mass is 10.0. The monoisotopic (exact) mass is 331 g/mol. The number of benzene rings is 2. The molecule has 2 aromatic rings. The van der Waals surface area contributed by atoms with Crippen molar-refractivity contribution in [3.63, 3.8) is 0 Å². The molecule has 0 bridgehead atoms. The zero-order valence-corrected chi connectivity index (χ0v) is 13.1. The van der Waals surface area contributed by atoms with E-state index in [9.17, 15) is 0 Å². The Kier molecular flexibility index (Phi) is 4.08. The second-order valence-electron chi connectivity index (χ2n) is 5.29. The molecular weight excluding hydrogens is 314 g/mol. The van der Waals surface area contributed by atoms with Crippen LogP contribution >= 0.6 is 15.9 Å². The van der Waals surface area contributed by atoms with Crippen molar-refractivity contribution in [3.8, 4) is 5.75 Å². The van der Waals surface area contributed by atoms with Gasteiger partial charge in [0.2, 0.25) is 0 Å². The van der Waals surface area contributed by atoms with Crippen LogP contribution in [0.4, 0.5) is 0 Å². The lowest BCUT2D eigenvalue weighted by Crippen LogP contribution is -2.18. The van der Waals surface area contributed by atoms with Crippen LogP contribution in [0.15, 0.2) is 53.0 Å². The van der Waals surface area contributed by atoms with Gasteiger partial charge in [0.1, 0.15) is 11.9 Å². The molecule has 3 rings (SSSR count). The number of ether oxygens (including phenoxy) is 1. The average molecular weight is 332 g/mol. The van der Waals surface area contributed by atoms with Gasteiger partial charge in [-0.3, -0.25) is 0 Å². The van der Waals surface area contributed by atoms with E-state index in [1.165, 1.54) is 11.1 Å². The predicted octanol–water partition coefficient (Wildman–Crippen LogP) is 4.40. The highest BCUT2D eigenvalue weighted by Gasteiger charge is 2.22. The van der Waals surface area contributed by atoms with Gasteiger partial charge in [-0.15, -0.1) is 0 Å². The molecule has 0 amide bonds. The molecule has 1 heterocycles. The number of rotatable bonds is 2. The highest BCUT2D eigenvalue weighted by molar-refractivity contribution is 9.10. The number of halogens is 1. The van der Waals surface area contributed by atoms with Crippen LogP contribution in [0.3, 0.4) is 0 Å². The molecule has 0 aliphatic carbocycles. The van der Waals surface area contributed by atoms with Gasteiger partial charge in [-0.05, 0) is 42.4 Å². The SMILES string of the molecule is CN1CCC(Oc2ccccc2)c2ccc(Br)cc2C1. The van der Waals surface area contributed by atoms with E-state index in [0.29, 0.717) is 0 Å². The maximum atomic E-state index is 6.21. The summed E-state index contributed by atoms with van der Waals surface area (Å²) in [6, 6.07) is 16.6. The van der Waals surface area contributed by atoms with E-state index in [1.807, 2.05) is 30.3 Å². The van der Waals surface area contributed by atoms with Gasteiger partial charge in [0.05, 0.1) is 0 Å². The zero-order chi connectivity index (χ0) is 13.9. The summed E-state index contributed by atoms with van der Waals surface area (Å²) in [6.07, 6.45) is 1.14. The fourth-order valence-electron chi connectivity index (χ4n) is 2.67. The molecule has 20 heavy (non-hydrogen) atoms. The van der Waals surface area contributed by atoms with E-state index in [-0.39, 0.29) is 6.10 Å². The molecule has 0 saturated heterocycles. The largest absolute Gasteiger partial charge is 0.486 e. The Hall–Kier alpha value is -1.32. The highest BCUT2D eigenvalue weighted by atomic mass is 79.9. The van der Waals surface area contributed by atoms with E-state index < -0.39 is 0 Å². The van der Waals surface area contributed by atoms with Crippen molar-refractivity contribution in [2.45, 2.75) is 19.1 Å². The van der Waals surface area contributed by atoms with Crippen LogP contribution in [0.2, 0.25) is 0 Å². The summed E-state index contributed by atoms with van der Waals surface area (Å²) in [7, 11) is 2.16. The Balaban J connectivity index is 1.92. The van der Waals surface area contributed by atoms with Crippen molar-refractivity contribution in [1.82, 2.24) is 4.90 Å². The van der Waals surface area contributed by atoms with Crippen LogP contribution in [0, 0.1) is 0 Å². The van der Waals surface area contributed by atoms with Crippen molar-refractivity contribution in [1.29, 1.82) is 0 Å². The Morgan fingerprint density at radius 1 is 1.15 bits per heavy atom. The quantitative estimate of drug-likeness (QED) is 0.808. The van der Waals surface area contributed by atoms with Gasteiger partial charge in [-0.25, -0.2) is 0 Å². The van der Waals surface area contributed by atoms with Gasteiger partial charge in [-0.2, -0.15) is 0 Å². The summed E-state index contributed by atoms with van der Waals surface area (Å²) in [6.45, 7) is 2.02. The molecule has 3 heteroatoms. The molecule has 0 N–H and O–H groups in total. The van der Waals surface area contributed by atoms with Crippen LogP contribution in [0.1, 0.15) is 23.7 Å². The maximum Gasteiger partial charge on any atom is 0.125 e. The molecule has 1 aliphatic heterocycles. The third-order valence-corrected chi connectivity index (χ3v) is 4.18. The summed E-state index contributed by atoms with van der Waals surface area (Å²) in [5.41, 5.74) is 2.65. The van der Waals surface area contributed by atoms with Gasteiger partial charge < -0.3 is 9.64 Å². The smallest absolute Gasteiger partial charge is 0.125 e. The minimum Gasteiger partial charge on any atom is -0.486 e. The number of hydrogen-bond acceptors (Lipinski definition) is 2. The fraction of sp³-hybridized carbons (Fsp3) is 0.294. The molecule has 1 atom stereocenters. The summed E-state index contributed by atoms with van der Waals surface area (Å²) in [5, 5.41) is 0. The molecule has 2 nitrogen and oxygen atoms in total. The number of fused-ring (bicyclic) bond motifs is 1. The molecular formula is C17H18BrNO. The van der Waals surface area contributed by atoms with Crippen LogP contribution in [0.25, 0.3) is 0 Å². The van der Waals surface area contributed by atoms with E-state index >= 15 is 0 Å². The lowest BCUT2D eigenvalue weighted by Gasteiger charge is -2.19. The van der Waals surface area contributed by atoms with Crippen molar-refractivity contribution >= 4 is 15.9 Å². The van der Waals surface area contributed by atoms with E-state index in [1.54, 1.807) is 0 Å². The first kappa shape index (κ1) is 13.7. The molecule has 0 saturated carbocycles. The molecule has 0 radical (unpaired) electrons. The van der Waals surface area contributed by atoms with Gasteiger partial charge >= 0.3 is 0 Å². The summed E-state index contributed by atoms with van der Waals surface area (Å²) >= 11 is 3.56. The fourth-order valence-corrected chi connectivity index (χ4v) is 3.08. The normalized spacial score (nSPS) is 19.2. The topological polar surface area (TPSA) is 12.5 Å². The second-order valence-corrected chi connectivity index (χ2v) is 6.20. The number of hydrogen-bond donors (Lipinski definition) is 0. The Bertz CT molecular complexity index is 585. The first-order valence-corrected chi connectivity index (χ1v) is 7.70. The maximum absolute atomic E-state index is 6.21. The molecule has 2 aromatic carbocycles. The standard InChI is InChI=1S/C17H18BrNO/c1-19-10-9-17(20-15-5-3-2-4-6-15)16-8-7-14(18)11-13(16)12-19/h2-8,11,17H,9-10,12H2,1H3. The zero-order valence-electron chi connectivity index (χ0n) is 11.6. The summed E-state index contributed by atoms with van der Waals surface area (Å²) in [5.74, 6) is 0.941. The van der Waals surface area contributed by atoms with Crippen LogP contribution in [0.5, 0.6) is 5.75 Å². The number of nitrogens with zero attached hydrogens (tertiary/aromatic N) is 1. The first-order valence-electron chi connectivity index (χ1n) is 6.91. The van der Waals surface area contributed by atoms with Crippen molar-refractivity contribution in [2.24, 2.45) is 0 Å². The molecule has 0 fully saturated rings. The van der Waals surface area contributed by atoms with Crippen LogP contribution in [-0.2, 0) is 6.54 Å². The summed E-state index contributed by atoms with van der Waals surface area (Å²) in [4.78, 5) is 2.35. The third-order valence-electron chi connectivity index (χ3n) is 3.69. The van der Waals surface area contributed by atoms with E-state index in [2.05, 4.69) is 46.1 Å². The van der Waals surface area contributed by atoms with Crippen LogP contribution in [-0.4, -0.2) is 18.5 Å². The first-order chi connectivity index (χ1) is 9.72. The minimum absolute atomic E-state index is 0.130. The molecule has 1 aliphatic rings. The Morgan fingerprint density at radius 3 is 2.75 bits per heavy atom. The van der Waals surface area contributed by atoms with E-state index in [4.69, 9.17) is 4.74 Å². The van der Waals surface area contributed by atoms with Gasteiger partial charge in [-0.1, -0.05) is 40.2 Å².